The first-order valence-electron chi connectivity index (χ1n) is 15.3. The number of ether oxygens (including phenoxy) is 2. The Bertz CT molecular complexity index is 799. The largest absolute Gasteiger partial charge is 0.469 e. The average molecular weight is 583 g/mol. The number of unbranched alkanes of at least 4 members (excludes halogenated alkanes) is 3. The second-order valence-corrected chi connectivity index (χ2v) is 18.6. The molecule has 0 fully saturated rings. The molecule has 1 aliphatic rings. The minimum Gasteiger partial charge on any atom is -0.469 e. The lowest BCUT2D eigenvalue weighted by atomic mass is 9.96. The maximum Gasteiger partial charge on any atom is 0.310 e. The monoisotopic (exact) mass is 582 g/mol. The molecular weight excluding hydrogens is 525 g/mol. The predicted octanol–water partition coefficient (Wildman–Crippen LogP) is 9.58. The van der Waals surface area contributed by atoms with Crippen LogP contribution in [0.4, 0.5) is 0 Å². The van der Waals surface area contributed by atoms with Gasteiger partial charge in [-0.3, -0.25) is 9.59 Å². The van der Waals surface area contributed by atoms with Crippen molar-refractivity contribution in [1.82, 2.24) is 0 Å². The third-order valence-electron chi connectivity index (χ3n) is 7.99. The molecule has 7 heteroatoms. The van der Waals surface area contributed by atoms with Crippen molar-refractivity contribution in [1.29, 1.82) is 0 Å². The number of hydrogen-bond acceptors (Lipinski definition) is 6. The minimum absolute atomic E-state index is 0.106. The summed E-state index contributed by atoms with van der Waals surface area (Å²) in [5.74, 6) is 2.42. The molecular formula is C32H58O5SSi. The highest BCUT2D eigenvalue weighted by molar-refractivity contribution is 8.03. The van der Waals surface area contributed by atoms with Gasteiger partial charge in [-0.25, -0.2) is 0 Å². The molecule has 1 aliphatic carbocycles. The lowest BCUT2D eigenvalue weighted by Crippen LogP contribution is -2.43. The topological polar surface area (TPSA) is 61.8 Å². The van der Waals surface area contributed by atoms with Crippen LogP contribution in [0.2, 0.25) is 18.1 Å². The molecule has 226 valence electrons. The van der Waals surface area contributed by atoms with Gasteiger partial charge in [0.15, 0.2) is 8.32 Å². The summed E-state index contributed by atoms with van der Waals surface area (Å²) in [6.45, 7) is 18.2. The van der Waals surface area contributed by atoms with Gasteiger partial charge in [0.2, 0.25) is 0 Å². The maximum absolute atomic E-state index is 12.3. The van der Waals surface area contributed by atoms with Crippen LogP contribution in [0, 0.1) is 11.8 Å². The van der Waals surface area contributed by atoms with Gasteiger partial charge in [0, 0.05) is 30.1 Å². The Kier molecular flexibility index (Phi) is 17.0. The molecule has 0 amide bonds. The first-order chi connectivity index (χ1) is 18.3. The van der Waals surface area contributed by atoms with Crippen LogP contribution in [0.5, 0.6) is 0 Å². The number of carbonyl (C=O) groups excluding carboxylic acids is 2. The fourth-order valence-corrected chi connectivity index (χ4v) is 7.06. The van der Waals surface area contributed by atoms with E-state index in [0.29, 0.717) is 18.8 Å². The molecule has 5 nitrogen and oxygen atoms in total. The van der Waals surface area contributed by atoms with E-state index >= 15 is 0 Å². The van der Waals surface area contributed by atoms with Crippen LogP contribution in [0.25, 0.3) is 0 Å². The quantitative estimate of drug-likeness (QED) is 0.0654. The van der Waals surface area contributed by atoms with Crippen LogP contribution in [-0.4, -0.2) is 39.2 Å². The lowest BCUT2D eigenvalue weighted by Gasteiger charge is -2.39. The number of thioether (sulfide) groups is 1. The van der Waals surface area contributed by atoms with E-state index in [4.69, 9.17) is 13.9 Å². The first kappa shape index (κ1) is 36.0. The Balaban J connectivity index is 3.02. The Labute approximate surface area is 245 Å². The molecule has 0 heterocycles. The lowest BCUT2D eigenvalue weighted by molar-refractivity contribution is -0.141. The van der Waals surface area contributed by atoms with Crippen molar-refractivity contribution in [2.45, 2.75) is 143 Å². The first-order valence-corrected chi connectivity index (χ1v) is 19.2. The Morgan fingerprint density at radius 3 is 2.38 bits per heavy atom. The molecule has 0 spiro atoms. The van der Waals surface area contributed by atoms with E-state index in [2.05, 4.69) is 59.9 Å². The number of esters is 2. The summed E-state index contributed by atoms with van der Waals surface area (Å²) in [6, 6.07) is 0. The Morgan fingerprint density at radius 1 is 1.05 bits per heavy atom. The van der Waals surface area contributed by atoms with E-state index in [1.165, 1.54) is 31.3 Å². The number of methoxy groups -OCH3 is 1. The summed E-state index contributed by atoms with van der Waals surface area (Å²) in [7, 11) is -0.482. The second-order valence-electron chi connectivity index (χ2n) is 12.7. The summed E-state index contributed by atoms with van der Waals surface area (Å²) in [4.78, 5) is 24.9. The molecule has 3 atom stereocenters. The predicted molar refractivity (Wildman–Crippen MR) is 168 cm³/mol. The van der Waals surface area contributed by atoms with Crippen LogP contribution in [0.1, 0.15) is 119 Å². The van der Waals surface area contributed by atoms with Crippen molar-refractivity contribution < 1.29 is 23.5 Å². The highest BCUT2D eigenvalue weighted by Gasteiger charge is 2.39. The molecule has 0 saturated carbocycles. The second kappa shape index (κ2) is 18.4. The number of rotatable bonds is 19. The van der Waals surface area contributed by atoms with Crippen LogP contribution in [0.3, 0.4) is 0 Å². The van der Waals surface area contributed by atoms with E-state index in [0.717, 1.165) is 56.5 Å². The third-order valence-corrected chi connectivity index (χ3v) is 13.8. The molecule has 0 unspecified atom stereocenters. The fourth-order valence-electron chi connectivity index (χ4n) is 4.49. The van der Waals surface area contributed by atoms with E-state index in [1.807, 2.05) is 18.7 Å². The van der Waals surface area contributed by atoms with Gasteiger partial charge in [-0.05, 0) is 61.9 Å². The zero-order chi connectivity index (χ0) is 29.5. The van der Waals surface area contributed by atoms with Crippen molar-refractivity contribution in [2.24, 2.45) is 11.8 Å². The fraction of sp³-hybridized carbons (Fsp3) is 0.812. The van der Waals surface area contributed by atoms with E-state index in [9.17, 15) is 9.59 Å². The van der Waals surface area contributed by atoms with Crippen molar-refractivity contribution >= 4 is 32.0 Å². The van der Waals surface area contributed by atoms with Gasteiger partial charge in [-0.15, -0.1) is 11.8 Å². The van der Waals surface area contributed by atoms with Crippen LogP contribution in [-0.2, 0) is 23.5 Å². The summed E-state index contributed by atoms with van der Waals surface area (Å²) in [5, 5.41) is 0.161. The van der Waals surface area contributed by atoms with Crippen molar-refractivity contribution in [3.63, 3.8) is 0 Å². The van der Waals surface area contributed by atoms with Gasteiger partial charge in [0.25, 0.3) is 0 Å². The Hall–Kier alpha value is -1.05. The summed E-state index contributed by atoms with van der Waals surface area (Å²) >= 11 is 1.82. The minimum atomic E-state index is -1.92. The van der Waals surface area contributed by atoms with Crippen LogP contribution in [0.15, 0.2) is 22.8 Å². The van der Waals surface area contributed by atoms with Gasteiger partial charge in [0.1, 0.15) is 5.76 Å². The highest BCUT2D eigenvalue weighted by atomic mass is 32.2. The van der Waals surface area contributed by atoms with Gasteiger partial charge in [-0.1, -0.05) is 79.4 Å². The Morgan fingerprint density at radius 2 is 1.77 bits per heavy atom. The molecule has 39 heavy (non-hydrogen) atoms. The number of carbonyl (C=O) groups is 2. The molecule has 0 aromatic heterocycles. The summed E-state index contributed by atoms with van der Waals surface area (Å²) in [5.41, 5.74) is 0. The maximum atomic E-state index is 12.3. The summed E-state index contributed by atoms with van der Waals surface area (Å²) in [6.07, 6.45) is 15.9. The SMILES string of the molecule is CCCC[C@@H](C)C[C@@H](/C=C/[C@H]1CCC(OC(=O)CCC)=C1SCCCCCC(=O)OC)O[Si](C)(C)C(C)(C)C. The molecule has 0 aliphatic heterocycles. The normalized spacial score (nSPS) is 18.0. The molecule has 0 N–H and O–H groups in total. The zero-order valence-corrected chi connectivity index (χ0v) is 28.3. The molecule has 0 radical (unpaired) electrons. The van der Waals surface area contributed by atoms with Crippen molar-refractivity contribution in [3.05, 3.63) is 22.8 Å². The van der Waals surface area contributed by atoms with Crippen molar-refractivity contribution in [3.8, 4) is 0 Å². The molecule has 1 rings (SSSR count). The molecule has 0 bridgehead atoms. The highest BCUT2D eigenvalue weighted by Crippen LogP contribution is 2.42. The van der Waals surface area contributed by atoms with E-state index in [1.54, 1.807) is 0 Å². The molecule has 0 aromatic rings. The van der Waals surface area contributed by atoms with Gasteiger partial charge < -0.3 is 13.9 Å². The van der Waals surface area contributed by atoms with Crippen LogP contribution >= 0.6 is 11.8 Å². The van der Waals surface area contributed by atoms with E-state index in [-0.39, 0.29) is 29.0 Å². The summed E-state index contributed by atoms with van der Waals surface area (Å²) < 4.78 is 17.5. The molecule has 0 saturated heterocycles. The number of hydrogen-bond donors (Lipinski definition) is 0. The van der Waals surface area contributed by atoms with Gasteiger partial charge in [-0.2, -0.15) is 0 Å². The third kappa shape index (κ3) is 13.9. The van der Waals surface area contributed by atoms with Gasteiger partial charge >= 0.3 is 11.9 Å². The average Bonchev–Trinajstić information content (AvgIpc) is 3.23. The molecule has 0 aromatic carbocycles. The van der Waals surface area contributed by atoms with Gasteiger partial charge in [0.05, 0.1) is 13.2 Å². The zero-order valence-electron chi connectivity index (χ0n) is 26.5. The van der Waals surface area contributed by atoms with Crippen molar-refractivity contribution in [2.75, 3.05) is 12.9 Å². The van der Waals surface area contributed by atoms with E-state index < -0.39 is 8.32 Å². The smallest absolute Gasteiger partial charge is 0.310 e. The number of allylic oxidation sites excluding steroid dienone is 3. The van der Waals surface area contributed by atoms with Crippen LogP contribution < -0.4 is 0 Å². The standard InChI is InChI=1S/C32H58O5SSi/c1-10-12-17-25(3)24-27(37-39(8,9)32(4,5)6)21-19-26-20-22-28(36-30(34)16-11-2)31(26)38-23-15-13-14-18-29(33)35-7/h19,21,25-27H,10-18,20,22-24H2,1-9H3/b21-19+/t25-,26+,27-/m1/s1.